The molecule has 0 aliphatic heterocycles. The number of amides is 3. The van der Waals surface area contributed by atoms with E-state index < -0.39 is 17.6 Å². The predicted molar refractivity (Wildman–Crippen MR) is 106 cm³/mol. The topological polar surface area (TPSA) is 129 Å². The van der Waals surface area contributed by atoms with Crippen molar-refractivity contribution in [3.8, 4) is 0 Å². The van der Waals surface area contributed by atoms with Crippen molar-refractivity contribution < 1.29 is 28.6 Å². The summed E-state index contributed by atoms with van der Waals surface area (Å²) in [5.41, 5.74) is 4.49. The molecule has 0 rings (SSSR count). The van der Waals surface area contributed by atoms with Gasteiger partial charge in [-0.3, -0.25) is 9.59 Å². The Morgan fingerprint density at radius 2 is 1.29 bits per heavy atom. The van der Waals surface area contributed by atoms with Gasteiger partial charge in [0, 0.05) is 52.4 Å². The molecule has 0 aliphatic carbocycles. The van der Waals surface area contributed by atoms with Crippen molar-refractivity contribution in [3.05, 3.63) is 0 Å². The van der Waals surface area contributed by atoms with Crippen molar-refractivity contribution in [2.24, 2.45) is 5.73 Å². The number of rotatable bonds is 16. The van der Waals surface area contributed by atoms with E-state index in [0.717, 1.165) is 25.7 Å². The predicted octanol–water partition coefficient (Wildman–Crippen LogP) is 1.49. The molecule has 0 radical (unpaired) electrons. The zero-order valence-corrected chi connectivity index (χ0v) is 17.5. The molecular weight excluding hydrogens is 366 g/mol. The lowest BCUT2D eigenvalue weighted by Gasteiger charge is -2.19. The minimum atomic E-state index is -0.483. The number of ether oxygens (including phenoxy) is 3. The summed E-state index contributed by atoms with van der Waals surface area (Å²) in [5, 5.41) is 5.40. The van der Waals surface area contributed by atoms with Gasteiger partial charge in [-0.15, -0.1) is 0 Å². The number of unbranched alkanes of at least 4 members (excludes halogenated alkanes) is 1. The van der Waals surface area contributed by atoms with Crippen molar-refractivity contribution in [1.29, 1.82) is 0 Å². The summed E-state index contributed by atoms with van der Waals surface area (Å²) in [6.07, 6.45) is 3.07. The molecule has 4 N–H and O–H groups in total. The fourth-order valence-electron chi connectivity index (χ4n) is 2.02. The third-order valence-electron chi connectivity index (χ3n) is 3.35. The van der Waals surface area contributed by atoms with Crippen molar-refractivity contribution in [1.82, 2.24) is 10.6 Å². The van der Waals surface area contributed by atoms with E-state index >= 15 is 0 Å². The summed E-state index contributed by atoms with van der Waals surface area (Å²) >= 11 is 0. The Balaban J connectivity index is 3.25. The fourth-order valence-corrected chi connectivity index (χ4v) is 2.02. The van der Waals surface area contributed by atoms with Gasteiger partial charge in [0.1, 0.15) is 5.60 Å². The number of alkyl carbamates (subject to hydrolysis) is 1. The van der Waals surface area contributed by atoms with Gasteiger partial charge in [-0.25, -0.2) is 4.79 Å². The lowest BCUT2D eigenvalue weighted by atomic mass is 10.2. The Bertz CT molecular complexity index is 451. The highest BCUT2D eigenvalue weighted by molar-refractivity contribution is 5.82. The third kappa shape index (κ3) is 20.4. The minimum absolute atomic E-state index is 0.0741. The van der Waals surface area contributed by atoms with Gasteiger partial charge in [-0.2, -0.15) is 0 Å². The fraction of sp³-hybridized carbons (Fsp3) is 0.842. The molecule has 9 heteroatoms. The summed E-state index contributed by atoms with van der Waals surface area (Å²) in [4.78, 5) is 33.3. The summed E-state index contributed by atoms with van der Waals surface area (Å²) in [6.45, 7) is 9.00. The molecule has 0 aromatic rings. The number of primary amides is 1. The van der Waals surface area contributed by atoms with Gasteiger partial charge < -0.3 is 30.6 Å². The van der Waals surface area contributed by atoms with E-state index in [1.54, 1.807) is 0 Å². The van der Waals surface area contributed by atoms with Gasteiger partial charge in [0.05, 0.1) is 0 Å². The molecule has 3 amide bonds. The summed E-state index contributed by atoms with van der Waals surface area (Å²) < 4.78 is 16.1. The van der Waals surface area contributed by atoms with Crippen LogP contribution in [-0.2, 0) is 23.8 Å². The number of hydrogen-bond acceptors (Lipinski definition) is 6. The van der Waals surface area contributed by atoms with Gasteiger partial charge in [0.25, 0.3) is 0 Å². The molecule has 0 aromatic carbocycles. The van der Waals surface area contributed by atoms with E-state index in [2.05, 4.69) is 10.6 Å². The van der Waals surface area contributed by atoms with Gasteiger partial charge >= 0.3 is 6.09 Å². The van der Waals surface area contributed by atoms with Crippen LogP contribution < -0.4 is 16.4 Å². The van der Waals surface area contributed by atoms with E-state index in [9.17, 15) is 14.4 Å². The van der Waals surface area contributed by atoms with E-state index in [4.69, 9.17) is 19.9 Å². The average molecular weight is 404 g/mol. The zero-order valence-electron chi connectivity index (χ0n) is 17.5. The van der Waals surface area contributed by atoms with Crippen LogP contribution >= 0.6 is 0 Å². The monoisotopic (exact) mass is 403 g/mol. The van der Waals surface area contributed by atoms with Crippen molar-refractivity contribution in [2.45, 2.75) is 64.9 Å². The molecular formula is C19H37N3O6. The molecule has 0 bridgehead atoms. The van der Waals surface area contributed by atoms with E-state index in [0.29, 0.717) is 39.5 Å². The lowest BCUT2D eigenvalue weighted by Crippen LogP contribution is -2.33. The van der Waals surface area contributed by atoms with E-state index in [-0.39, 0.29) is 18.7 Å². The van der Waals surface area contributed by atoms with Crippen LogP contribution in [0.4, 0.5) is 4.79 Å². The third-order valence-corrected chi connectivity index (χ3v) is 3.35. The Morgan fingerprint density at radius 3 is 1.79 bits per heavy atom. The maximum Gasteiger partial charge on any atom is 0.407 e. The van der Waals surface area contributed by atoms with Gasteiger partial charge in [-0.1, -0.05) is 0 Å². The standard InChI is InChI=1S/C19H37N3O6/c1-19(2,3)28-18(25)22-11-7-15-27-13-5-4-12-26-14-6-10-21-17(24)9-8-16(20)23/h4-15H2,1-3H3,(H2,20,23)(H,21,24)(H,22,25). The Morgan fingerprint density at radius 1 is 0.786 bits per heavy atom. The largest absolute Gasteiger partial charge is 0.444 e. The molecule has 0 fully saturated rings. The van der Waals surface area contributed by atoms with Crippen molar-refractivity contribution in [3.63, 3.8) is 0 Å². The van der Waals surface area contributed by atoms with Crippen LogP contribution in [-0.4, -0.2) is 63.0 Å². The summed E-state index contributed by atoms with van der Waals surface area (Å²) in [6, 6.07) is 0. The highest BCUT2D eigenvalue weighted by atomic mass is 16.6. The number of nitrogens with two attached hydrogens (primary N) is 1. The maximum atomic E-state index is 11.4. The second kappa shape index (κ2) is 16.1. The first kappa shape index (κ1) is 26.1. The van der Waals surface area contributed by atoms with E-state index in [1.807, 2.05) is 20.8 Å². The molecule has 0 saturated heterocycles. The minimum Gasteiger partial charge on any atom is -0.444 e. The van der Waals surface area contributed by atoms with Crippen LogP contribution in [0.25, 0.3) is 0 Å². The number of carbonyl (C=O) groups excluding carboxylic acids is 3. The van der Waals surface area contributed by atoms with Crippen LogP contribution in [0.5, 0.6) is 0 Å². The summed E-state index contributed by atoms with van der Waals surface area (Å²) in [7, 11) is 0. The second-order valence-electron chi connectivity index (χ2n) is 7.38. The van der Waals surface area contributed by atoms with Gasteiger partial charge in [0.15, 0.2) is 0 Å². The molecule has 0 heterocycles. The highest BCUT2D eigenvalue weighted by Crippen LogP contribution is 2.06. The van der Waals surface area contributed by atoms with Gasteiger partial charge in [-0.05, 0) is 46.5 Å². The molecule has 9 nitrogen and oxygen atoms in total. The van der Waals surface area contributed by atoms with E-state index in [1.165, 1.54) is 0 Å². The number of hydrogen-bond donors (Lipinski definition) is 3. The Hall–Kier alpha value is -1.87. The molecule has 0 aromatic heterocycles. The van der Waals surface area contributed by atoms with Gasteiger partial charge in [0.2, 0.25) is 11.8 Å². The number of nitrogens with one attached hydrogen (secondary N) is 2. The summed E-state index contributed by atoms with van der Waals surface area (Å²) in [5.74, 6) is -0.642. The average Bonchev–Trinajstić information content (AvgIpc) is 2.58. The first-order valence-corrected chi connectivity index (χ1v) is 9.88. The van der Waals surface area contributed by atoms with Crippen LogP contribution in [0, 0.1) is 0 Å². The zero-order chi connectivity index (χ0) is 21.3. The lowest BCUT2D eigenvalue weighted by molar-refractivity contribution is -0.125. The molecule has 0 atom stereocenters. The first-order valence-electron chi connectivity index (χ1n) is 9.88. The van der Waals surface area contributed by atoms with Crippen molar-refractivity contribution in [2.75, 3.05) is 39.5 Å². The molecule has 0 unspecified atom stereocenters. The Kier molecular flexibility index (Phi) is 15.0. The maximum absolute atomic E-state index is 11.4. The second-order valence-corrected chi connectivity index (χ2v) is 7.38. The smallest absolute Gasteiger partial charge is 0.407 e. The molecule has 164 valence electrons. The quantitative estimate of drug-likeness (QED) is 0.335. The normalized spacial score (nSPS) is 11.1. The van der Waals surface area contributed by atoms with Crippen LogP contribution in [0.1, 0.15) is 59.3 Å². The Labute approximate surface area is 168 Å². The van der Waals surface area contributed by atoms with Crippen LogP contribution in [0.2, 0.25) is 0 Å². The molecule has 28 heavy (non-hydrogen) atoms. The molecule has 0 aliphatic rings. The molecule has 0 saturated carbocycles. The van der Waals surface area contributed by atoms with Crippen molar-refractivity contribution >= 4 is 17.9 Å². The van der Waals surface area contributed by atoms with Crippen LogP contribution in [0.3, 0.4) is 0 Å². The number of carbonyl (C=O) groups is 3. The SMILES string of the molecule is CC(C)(C)OC(=O)NCCCOCCCCOCCCNC(=O)CCC(N)=O. The van der Waals surface area contributed by atoms with Crippen LogP contribution in [0.15, 0.2) is 0 Å². The highest BCUT2D eigenvalue weighted by Gasteiger charge is 2.15. The first-order chi connectivity index (χ1) is 13.2. The molecule has 0 spiro atoms.